The Morgan fingerprint density at radius 2 is 1.94 bits per heavy atom. The van der Waals surface area contributed by atoms with Crippen LogP contribution in [-0.2, 0) is 11.3 Å². The van der Waals surface area contributed by atoms with Crippen LogP contribution in [0.3, 0.4) is 0 Å². The van der Waals surface area contributed by atoms with Crippen molar-refractivity contribution in [2.24, 2.45) is 0 Å². The number of aliphatic hydroxyl groups is 3. The minimum Gasteiger partial charge on any atom is -0.504 e. The van der Waals surface area contributed by atoms with Crippen LogP contribution in [0.1, 0.15) is 11.8 Å². The normalized spacial score (nSPS) is 23.3. The maximum absolute atomic E-state index is 10.3. The first-order valence-electron chi connectivity index (χ1n) is 9.46. The van der Waals surface area contributed by atoms with Crippen LogP contribution in [0.2, 0.25) is 0 Å². The Morgan fingerprint density at radius 3 is 2.61 bits per heavy atom. The number of hydrogen-bond donors (Lipinski definition) is 5. The third-order valence-corrected chi connectivity index (χ3v) is 5.16. The number of imidazole rings is 1. The molecule has 5 N–H and O–H groups in total. The summed E-state index contributed by atoms with van der Waals surface area (Å²) in [4.78, 5) is 12.8. The topological polar surface area (TPSA) is 164 Å². The quantitative estimate of drug-likeness (QED) is 0.334. The zero-order chi connectivity index (χ0) is 22.1. The van der Waals surface area contributed by atoms with Gasteiger partial charge in [-0.25, -0.2) is 15.0 Å². The first-order chi connectivity index (χ1) is 15.0. The molecular weight excluding hydrogens is 410 g/mol. The Balaban J connectivity index is 1.62. The molecule has 0 bridgehead atoms. The summed E-state index contributed by atoms with van der Waals surface area (Å²) in [5, 5.41) is 42.9. The largest absolute Gasteiger partial charge is 0.504 e. The van der Waals surface area contributed by atoms with Crippen molar-refractivity contribution in [2.75, 3.05) is 26.1 Å². The van der Waals surface area contributed by atoms with Gasteiger partial charge in [-0.3, -0.25) is 4.57 Å². The summed E-state index contributed by atoms with van der Waals surface area (Å²) in [5.74, 6) is 1.12. The van der Waals surface area contributed by atoms with Crippen LogP contribution in [0.15, 0.2) is 24.8 Å². The molecule has 0 spiro atoms. The molecule has 166 valence electrons. The molecule has 0 amide bonds. The first-order valence-corrected chi connectivity index (χ1v) is 9.46. The molecule has 2 aromatic heterocycles. The molecule has 3 aromatic rings. The molecule has 1 aliphatic rings. The summed E-state index contributed by atoms with van der Waals surface area (Å²) >= 11 is 0. The predicted octanol–water partition coefficient (Wildman–Crippen LogP) is -0.227. The van der Waals surface area contributed by atoms with Crippen molar-refractivity contribution in [3.63, 3.8) is 0 Å². The highest BCUT2D eigenvalue weighted by Gasteiger charge is 2.44. The highest BCUT2D eigenvalue weighted by molar-refractivity contribution is 5.82. The molecule has 4 rings (SSSR count). The minimum absolute atomic E-state index is 0.0554. The average molecular weight is 433 g/mol. The second-order valence-corrected chi connectivity index (χ2v) is 6.97. The number of aliphatic hydroxyl groups excluding tert-OH is 3. The Labute approximate surface area is 176 Å². The van der Waals surface area contributed by atoms with E-state index >= 15 is 0 Å². The number of phenolic OH excluding ortho intramolecular Hbond substituents is 1. The van der Waals surface area contributed by atoms with Gasteiger partial charge >= 0.3 is 0 Å². The highest BCUT2D eigenvalue weighted by atomic mass is 16.6. The van der Waals surface area contributed by atoms with Gasteiger partial charge in [0.15, 0.2) is 34.7 Å². The van der Waals surface area contributed by atoms with Gasteiger partial charge in [-0.2, -0.15) is 0 Å². The lowest BCUT2D eigenvalue weighted by molar-refractivity contribution is -0.0511. The highest BCUT2D eigenvalue weighted by Crippen LogP contribution is 2.36. The maximum Gasteiger partial charge on any atom is 0.167 e. The van der Waals surface area contributed by atoms with Gasteiger partial charge in [0.25, 0.3) is 0 Å². The molecule has 1 aromatic carbocycles. The van der Waals surface area contributed by atoms with Crippen molar-refractivity contribution >= 4 is 17.0 Å². The van der Waals surface area contributed by atoms with Crippen molar-refractivity contribution in [1.82, 2.24) is 19.5 Å². The zero-order valence-electron chi connectivity index (χ0n) is 16.8. The Bertz CT molecular complexity index is 1080. The van der Waals surface area contributed by atoms with E-state index in [2.05, 4.69) is 20.3 Å². The zero-order valence-corrected chi connectivity index (χ0v) is 16.8. The number of methoxy groups -OCH3 is 2. The van der Waals surface area contributed by atoms with Gasteiger partial charge in [0.05, 0.1) is 27.2 Å². The third-order valence-electron chi connectivity index (χ3n) is 5.16. The van der Waals surface area contributed by atoms with Crippen LogP contribution in [-0.4, -0.2) is 79.1 Å². The molecule has 0 aliphatic carbocycles. The second-order valence-electron chi connectivity index (χ2n) is 6.97. The summed E-state index contributed by atoms with van der Waals surface area (Å²) in [6.07, 6.45) is -1.63. The van der Waals surface area contributed by atoms with Crippen LogP contribution >= 0.6 is 0 Å². The molecule has 12 heteroatoms. The Hall–Kier alpha value is -3.19. The van der Waals surface area contributed by atoms with Crippen molar-refractivity contribution in [3.8, 4) is 17.2 Å². The number of hydrogen-bond acceptors (Lipinski definition) is 11. The van der Waals surface area contributed by atoms with E-state index in [9.17, 15) is 20.4 Å². The van der Waals surface area contributed by atoms with E-state index in [1.807, 2.05) is 0 Å². The third kappa shape index (κ3) is 3.70. The summed E-state index contributed by atoms with van der Waals surface area (Å²) in [6.45, 7) is -0.195. The van der Waals surface area contributed by atoms with E-state index in [0.29, 0.717) is 34.0 Å². The van der Waals surface area contributed by atoms with E-state index < -0.39 is 31.1 Å². The van der Waals surface area contributed by atoms with Crippen LogP contribution in [0.4, 0.5) is 5.82 Å². The smallest absolute Gasteiger partial charge is 0.167 e. The van der Waals surface area contributed by atoms with E-state index in [1.54, 1.807) is 6.07 Å². The number of aromatic hydroxyl groups is 1. The van der Waals surface area contributed by atoms with E-state index in [0.717, 1.165) is 0 Å². The van der Waals surface area contributed by atoms with Crippen LogP contribution in [0.25, 0.3) is 11.2 Å². The maximum atomic E-state index is 10.3. The number of ether oxygens (including phenoxy) is 3. The summed E-state index contributed by atoms with van der Waals surface area (Å²) < 4.78 is 17.5. The lowest BCUT2D eigenvalue weighted by Crippen LogP contribution is -2.33. The number of rotatable bonds is 7. The molecule has 1 saturated heterocycles. The first kappa shape index (κ1) is 21.1. The van der Waals surface area contributed by atoms with Gasteiger partial charge in [0.2, 0.25) is 0 Å². The molecule has 0 saturated carbocycles. The Kier molecular flexibility index (Phi) is 5.78. The van der Waals surface area contributed by atoms with E-state index in [1.165, 1.54) is 37.5 Å². The van der Waals surface area contributed by atoms with E-state index in [-0.39, 0.29) is 12.3 Å². The molecule has 0 radical (unpaired) electrons. The summed E-state index contributed by atoms with van der Waals surface area (Å²) in [5.41, 5.74) is 1.41. The predicted molar refractivity (Wildman–Crippen MR) is 107 cm³/mol. The SMILES string of the molecule is COc1cc(O)c(OC)c(CNc2ncnc3c2ncn3C2O[C@H](CO)[C@@H](O)[C@H]2O)c1. The molecule has 1 unspecified atom stereocenters. The van der Waals surface area contributed by atoms with Crippen molar-refractivity contribution in [1.29, 1.82) is 0 Å². The molecule has 12 nitrogen and oxygen atoms in total. The van der Waals surface area contributed by atoms with Crippen LogP contribution in [0.5, 0.6) is 17.2 Å². The Morgan fingerprint density at radius 1 is 1.13 bits per heavy atom. The fraction of sp³-hybridized carbons (Fsp3) is 0.421. The van der Waals surface area contributed by atoms with Gasteiger partial charge in [0, 0.05) is 18.2 Å². The van der Waals surface area contributed by atoms with Gasteiger partial charge in [-0.05, 0) is 6.07 Å². The van der Waals surface area contributed by atoms with Crippen molar-refractivity contribution in [3.05, 3.63) is 30.4 Å². The molecule has 1 aliphatic heterocycles. The van der Waals surface area contributed by atoms with Crippen LogP contribution < -0.4 is 14.8 Å². The number of anilines is 1. The molecule has 31 heavy (non-hydrogen) atoms. The minimum atomic E-state index is -1.26. The van der Waals surface area contributed by atoms with Crippen LogP contribution in [0, 0.1) is 0 Å². The molecule has 4 atom stereocenters. The number of phenols is 1. The van der Waals surface area contributed by atoms with Crippen molar-refractivity contribution < 1.29 is 34.6 Å². The monoisotopic (exact) mass is 433 g/mol. The lowest BCUT2D eigenvalue weighted by atomic mass is 10.1. The number of benzene rings is 1. The van der Waals surface area contributed by atoms with Gasteiger partial charge < -0.3 is 40.0 Å². The number of nitrogens with one attached hydrogen (secondary N) is 1. The number of fused-ring (bicyclic) bond motifs is 1. The van der Waals surface area contributed by atoms with Gasteiger partial charge in [0.1, 0.15) is 30.4 Å². The van der Waals surface area contributed by atoms with Gasteiger partial charge in [-0.1, -0.05) is 0 Å². The fourth-order valence-electron chi connectivity index (χ4n) is 3.58. The fourth-order valence-corrected chi connectivity index (χ4v) is 3.58. The standard InChI is InChI=1S/C19H23N5O7/c1-29-10-3-9(16(30-2)11(26)4-10)5-20-17-13-18(22-7-21-17)24(8-23-13)19-15(28)14(27)12(6-25)31-19/h3-4,7-8,12,14-15,19,25-28H,5-6H2,1-2H3,(H,20,21,22)/t12-,14-,15-,19?/m1/s1. The lowest BCUT2D eigenvalue weighted by Gasteiger charge is -2.16. The number of aromatic nitrogens is 4. The number of nitrogens with zero attached hydrogens (tertiary/aromatic N) is 4. The molecular formula is C19H23N5O7. The molecule has 3 heterocycles. The average Bonchev–Trinajstić information content (AvgIpc) is 3.33. The second kappa shape index (κ2) is 8.51. The van der Waals surface area contributed by atoms with Gasteiger partial charge in [-0.15, -0.1) is 0 Å². The van der Waals surface area contributed by atoms with Crippen molar-refractivity contribution in [2.45, 2.75) is 31.1 Å². The summed E-state index contributed by atoms with van der Waals surface area (Å²) in [7, 11) is 2.95. The molecule has 1 fully saturated rings. The van der Waals surface area contributed by atoms with E-state index in [4.69, 9.17) is 14.2 Å². The summed E-state index contributed by atoms with van der Waals surface area (Å²) in [6, 6.07) is 3.18.